The van der Waals surface area contributed by atoms with Crippen molar-refractivity contribution in [3.63, 3.8) is 0 Å². The minimum Gasteiger partial charge on any atom is -0.465 e. The lowest BCUT2D eigenvalue weighted by Gasteiger charge is -2.26. The van der Waals surface area contributed by atoms with Crippen LogP contribution in [0.4, 0.5) is 4.79 Å². The number of aryl methyl sites for hydroxylation is 1. The van der Waals surface area contributed by atoms with E-state index in [4.69, 9.17) is 14.2 Å². The van der Waals surface area contributed by atoms with Crippen LogP contribution in [0.15, 0.2) is 12.1 Å². The summed E-state index contributed by atoms with van der Waals surface area (Å²) in [6.07, 6.45) is 1.01. The third-order valence-electron chi connectivity index (χ3n) is 4.04. The van der Waals surface area contributed by atoms with Crippen LogP contribution in [0, 0.1) is 0 Å². The maximum Gasteiger partial charge on any atom is 0.410 e. The molecule has 0 N–H and O–H groups in total. The normalized spacial score (nSPS) is 14.1. The van der Waals surface area contributed by atoms with Gasteiger partial charge in [-0.2, -0.15) is 0 Å². The summed E-state index contributed by atoms with van der Waals surface area (Å²) >= 11 is 0. The van der Waals surface area contributed by atoms with E-state index in [2.05, 4.69) is 0 Å². The van der Waals surface area contributed by atoms with E-state index >= 15 is 0 Å². The van der Waals surface area contributed by atoms with Gasteiger partial charge in [-0.1, -0.05) is 0 Å². The molecular weight excluding hydrogens is 338 g/mol. The van der Waals surface area contributed by atoms with Gasteiger partial charge in [0.1, 0.15) is 5.60 Å². The van der Waals surface area contributed by atoms with Crippen LogP contribution >= 0.6 is 0 Å². The van der Waals surface area contributed by atoms with Crippen molar-refractivity contribution < 1.29 is 28.6 Å². The molecule has 0 spiro atoms. The number of benzene rings is 1. The number of nitrogens with zero attached hydrogens (tertiary/aromatic N) is 1. The molecule has 0 saturated carbocycles. The molecule has 1 amide bonds. The Kier molecular flexibility index (Phi) is 5.90. The maximum atomic E-state index is 12.4. The molecule has 1 heterocycles. The number of carbonyl (C=O) groups is 3. The molecule has 26 heavy (non-hydrogen) atoms. The predicted octanol–water partition coefficient (Wildman–Crippen LogP) is 2.94. The molecule has 7 heteroatoms. The molecule has 0 saturated heterocycles. The minimum absolute atomic E-state index is 0.129. The molecule has 142 valence electrons. The average Bonchev–Trinajstić information content (AvgIpc) is 2.79. The van der Waals surface area contributed by atoms with Gasteiger partial charge in [0.25, 0.3) is 0 Å². The highest BCUT2D eigenvalue weighted by Crippen LogP contribution is 2.25. The van der Waals surface area contributed by atoms with E-state index in [0.29, 0.717) is 19.5 Å². The zero-order valence-corrected chi connectivity index (χ0v) is 15.9. The fraction of sp³-hybridized carbons (Fsp3) is 0.526. The van der Waals surface area contributed by atoms with Crippen molar-refractivity contribution in [1.29, 1.82) is 0 Å². The highest BCUT2D eigenvalue weighted by atomic mass is 16.6. The largest absolute Gasteiger partial charge is 0.465 e. The standard InChI is InChI=1S/C19H25NO6/c1-19(2,3)26-18(23)20-8-6-7-12-9-14(16(21)24-4)15(17(22)25-5)10-13(12)11-20/h9-10H,6-8,11H2,1-5H3. The van der Waals surface area contributed by atoms with E-state index in [1.807, 2.05) is 20.8 Å². The number of carbonyl (C=O) groups excluding carboxylic acids is 3. The van der Waals surface area contributed by atoms with Crippen LogP contribution in [-0.2, 0) is 27.2 Å². The smallest absolute Gasteiger partial charge is 0.410 e. The van der Waals surface area contributed by atoms with Crippen molar-refractivity contribution in [3.8, 4) is 0 Å². The monoisotopic (exact) mass is 363 g/mol. The molecule has 2 rings (SSSR count). The van der Waals surface area contributed by atoms with Crippen molar-refractivity contribution in [3.05, 3.63) is 34.4 Å². The molecular formula is C19H25NO6. The average molecular weight is 363 g/mol. The topological polar surface area (TPSA) is 82.1 Å². The van der Waals surface area contributed by atoms with Gasteiger partial charge in [-0.3, -0.25) is 0 Å². The first-order valence-corrected chi connectivity index (χ1v) is 8.46. The number of methoxy groups -OCH3 is 2. The highest BCUT2D eigenvalue weighted by molar-refractivity contribution is 6.03. The van der Waals surface area contributed by atoms with Crippen molar-refractivity contribution in [2.45, 2.75) is 45.8 Å². The van der Waals surface area contributed by atoms with Crippen LogP contribution in [0.5, 0.6) is 0 Å². The lowest BCUT2D eigenvalue weighted by Crippen LogP contribution is -2.36. The first-order chi connectivity index (χ1) is 12.2. The van der Waals surface area contributed by atoms with Gasteiger partial charge in [0, 0.05) is 13.1 Å². The predicted molar refractivity (Wildman–Crippen MR) is 94.1 cm³/mol. The Morgan fingerprint density at radius 1 is 0.962 bits per heavy atom. The number of amides is 1. The first kappa shape index (κ1) is 19.8. The summed E-state index contributed by atoms with van der Waals surface area (Å²) in [7, 11) is 2.52. The zero-order valence-electron chi connectivity index (χ0n) is 15.9. The summed E-state index contributed by atoms with van der Waals surface area (Å²) in [4.78, 5) is 38.2. The molecule has 0 atom stereocenters. The molecule has 1 aliphatic rings. The number of hydrogen-bond acceptors (Lipinski definition) is 6. The molecule has 0 aromatic heterocycles. The summed E-state index contributed by atoms with van der Waals surface area (Å²) in [5.41, 5.74) is 1.41. The van der Waals surface area contributed by atoms with Gasteiger partial charge in [0.15, 0.2) is 0 Å². The van der Waals surface area contributed by atoms with E-state index in [9.17, 15) is 14.4 Å². The van der Waals surface area contributed by atoms with Crippen LogP contribution in [0.25, 0.3) is 0 Å². The van der Waals surface area contributed by atoms with E-state index in [-0.39, 0.29) is 11.1 Å². The minimum atomic E-state index is -0.624. The van der Waals surface area contributed by atoms with Crippen LogP contribution < -0.4 is 0 Å². The molecule has 0 fully saturated rings. The van der Waals surface area contributed by atoms with Gasteiger partial charge in [0.2, 0.25) is 0 Å². The summed E-state index contributed by atoms with van der Waals surface area (Å²) in [6.45, 7) is 6.28. The Bertz CT molecular complexity index is 719. The summed E-state index contributed by atoms with van der Waals surface area (Å²) in [6, 6.07) is 3.27. The van der Waals surface area contributed by atoms with E-state index in [1.54, 1.807) is 17.0 Å². The summed E-state index contributed by atoms with van der Waals surface area (Å²) < 4.78 is 15.0. The first-order valence-electron chi connectivity index (χ1n) is 8.46. The van der Waals surface area contributed by atoms with Gasteiger partial charge in [-0.15, -0.1) is 0 Å². The second-order valence-corrected chi connectivity index (χ2v) is 7.16. The molecule has 0 radical (unpaired) electrons. The molecule has 1 aromatic carbocycles. The number of ether oxygens (including phenoxy) is 3. The fourth-order valence-corrected chi connectivity index (χ4v) is 2.85. The Morgan fingerprint density at radius 3 is 2.00 bits per heavy atom. The number of hydrogen-bond donors (Lipinski definition) is 0. The lowest BCUT2D eigenvalue weighted by molar-refractivity contribution is 0.0236. The lowest BCUT2D eigenvalue weighted by atomic mass is 9.96. The molecule has 7 nitrogen and oxygen atoms in total. The van der Waals surface area contributed by atoms with E-state index < -0.39 is 23.6 Å². The SMILES string of the molecule is COC(=O)c1cc2c(cc1C(=O)OC)CN(C(=O)OC(C)(C)C)CCC2. The van der Waals surface area contributed by atoms with Crippen LogP contribution in [-0.4, -0.2) is 49.3 Å². The van der Waals surface area contributed by atoms with E-state index in [0.717, 1.165) is 17.5 Å². The summed E-state index contributed by atoms with van der Waals surface area (Å²) in [5, 5.41) is 0. The third kappa shape index (κ3) is 4.53. The Balaban J connectivity index is 2.40. The van der Waals surface area contributed by atoms with Crippen LogP contribution in [0.1, 0.15) is 59.0 Å². The third-order valence-corrected chi connectivity index (χ3v) is 4.04. The summed E-state index contributed by atoms with van der Waals surface area (Å²) in [5.74, 6) is -1.22. The van der Waals surface area contributed by atoms with E-state index in [1.165, 1.54) is 14.2 Å². The fourth-order valence-electron chi connectivity index (χ4n) is 2.85. The molecule has 0 aliphatic carbocycles. The van der Waals surface area contributed by atoms with Crippen molar-refractivity contribution in [2.24, 2.45) is 0 Å². The molecule has 0 bridgehead atoms. The van der Waals surface area contributed by atoms with Crippen molar-refractivity contribution in [1.82, 2.24) is 4.90 Å². The Labute approximate surface area is 153 Å². The van der Waals surface area contributed by atoms with Crippen LogP contribution in [0.3, 0.4) is 0 Å². The molecule has 1 aromatic rings. The van der Waals surface area contributed by atoms with Gasteiger partial charge in [-0.25, -0.2) is 14.4 Å². The number of esters is 2. The molecule has 1 aliphatic heterocycles. The quantitative estimate of drug-likeness (QED) is 0.593. The van der Waals surface area contributed by atoms with Gasteiger partial charge < -0.3 is 19.1 Å². The zero-order chi connectivity index (χ0) is 19.5. The van der Waals surface area contributed by atoms with Gasteiger partial charge >= 0.3 is 18.0 Å². The second-order valence-electron chi connectivity index (χ2n) is 7.16. The second kappa shape index (κ2) is 7.76. The van der Waals surface area contributed by atoms with Gasteiger partial charge in [-0.05, 0) is 56.9 Å². The highest BCUT2D eigenvalue weighted by Gasteiger charge is 2.27. The number of fused-ring (bicyclic) bond motifs is 1. The van der Waals surface area contributed by atoms with Crippen molar-refractivity contribution >= 4 is 18.0 Å². The van der Waals surface area contributed by atoms with Gasteiger partial charge in [0.05, 0.1) is 25.3 Å². The number of rotatable bonds is 2. The van der Waals surface area contributed by atoms with Crippen molar-refractivity contribution in [2.75, 3.05) is 20.8 Å². The molecule has 0 unspecified atom stereocenters. The Morgan fingerprint density at radius 2 is 1.50 bits per heavy atom. The Hall–Kier alpha value is -2.57. The maximum absolute atomic E-state index is 12.4. The van der Waals surface area contributed by atoms with Crippen LogP contribution in [0.2, 0.25) is 0 Å².